The summed E-state index contributed by atoms with van der Waals surface area (Å²) in [5, 5.41) is 0. The second-order valence-electron chi connectivity index (χ2n) is 7.89. The van der Waals surface area contributed by atoms with Gasteiger partial charge in [-0.15, -0.1) is 0 Å². The number of benzene rings is 2. The van der Waals surface area contributed by atoms with Crippen molar-refractivity contribution in [3.05, 3.63) is 71.8 Å². The Bertz CT molecular complexity index is 579. The van der Waals surface area contributed by atoms with Crippen molar-refractivity contribution >= 4 is 21.6 Å². The van der Waals surface area contributed by atoms with Crippen molar-refractivity contribution in [3.8, 4) is 0 Å². The average molecular weight is 415 g/mol. The molecule has 0 aliphatic rings. The molecular weight excluding hydrogens is 376 g/mol. The Morgan fingerprint density at radius 2 is 0.786 bits per heavy atom. The SMILES string of the molecule is CCCC(CCC)(SSC(CCC)(CCC)c1ccccc1)c1ccccc1. The molecule has 0 heterocycles. The van der Waals surface area contributed by atoms with E-state index in [-0.39, 0.29) is 9.49 Å². The highest BCUT2D eigenvalue weighted by atomic mass is 33.1. The van der Waals surface area contributed by atoms with Crippen molar-refractivity contribution < 1.29 is 0 Å². The van der Waals surface area contributed by atoms with Crippen molar-refractivity contribution in [2.75, 3.05) is 0 Å². The standard InChI is InChI=1S/C26H38S2/c1-5-19-25(20-6-2,23-15-11-9-12-16-23)27-28-26(21-7-3,22-8-4)24-17-13-10-14-18-24/h9-18H,5-8,19-22H2,1-4H3. The summed E-state index contributed by atoms with van der Waals surface area (Å²) in [6.45, 7) is 9.34. The van der Waals surface area contributed by atoms with Gasteiger partial charge < -0.3 is 0 Å². The molecule has 0 aliphatic carbocycles. The van der Waals surface area contributed by atoms with Gasteiger partial charge in [0.1, 0.15) is 0 Å². The van der Waals surface area contributed by atoms with E-state index >= 15 is 0 Å². The van der Waals surface area contributed by atoms with Gasteiger partial charge in [-0.2, -0.15) is 0 Å². The van der Waals surface area contributed by atoms with Crippen LogP contribution in [-0.2, 0) is 9.49 Å². The minimum absolute atomic E-state index is 0.205. The zero-order valence-corrected chi connectivity index (χ0v) is 19.9. The normalized spacial score (nSPS) is 12.3. The molecule has 2 heteroatoms. The van der Waals surface area contributed by atoms with Crippen LogP contribution in [0.1, 0.15) is 90.2 Å². The Morgan fingerprint density at radius 1 is 0.500 bits per heavy atom. The van der Waals surface area contributed by atoms with Gasteiger partial charge in [0.05, 0.1) is 9.49 Å². The lowest BCUT2D eigenvalue weighted by molar-refractivity contribution is 0.506. The number of hydrogen-bond donors (Lipinski definition) is 0. The molecule has 28 heavy (non-hydrogen) atoms. The van der Waals surface area contributed by atoms with Gasteiger partial charge in [-0.1, -0.05) is 136 Å². The predicted octanol–water partition coefficient (Wildman–Crippen LogP) is 9.36. The van der Waals surface area contributed by atoms with E-state index in [1.807, 2.05) is 0 Å². The molecule has 0 saturated carbocycles. The molecule has 0 nitrogen and oxygen atoms in total. The fraction of sp³-hybridized carbons (Fsp3) is 0.538. The molecule has 0 atom stereocenters. The quantitative estimate of drug-likeness (QED) is 0.299. The minimum atomic E-state index is 0.205. The highest BCUT2D eigenvalue weighted by molar-refractivity contribution is 8.77. The van der Waals surface area contributed by atoms with E-state index in [0.29, 0.717) is 0 Å². The topological polar surface area (TPSA) is 0 Å². The van der Waals surface area contributed by atoms with Gasteiger partial charge in [-0.3, -0.25) is 0 Å². The highest BCUT2D eigenvalue weighted by Gasteiger charge is 2.38. The molecule has 2 rings (SSSR count). The van der Waals surface area contributed by atoms with Crippen LogP contribution in [0.2, 0.25) is 0 Å². The van der Waals surface area contributed by atoms with Gasteiger partial charge in [0.15, 0.2) is 0 Å². The number of rotatable bonds is 13. The van der Waals surface area contributed by atoms with Crippen LogP contribution < -0.4 is 0 Å². The average Bonchev–Trinajstić information content (AvgIpc) is 2.74. The zero-order valence-electron chi connectivity index (χ0n) is 18.2. The molecule has 0 spiro atoms. The Kier molecular flexibility index (Phi) is 10.0. The molecule has 0 saturated heterocycles. The molecule has 0 amide bonds. The maximum Gasteiger partial charge on any atom is 0.0511 e. The minimum Gasteiger partial charge on any atom is -0.0816 e. The van der Waals surface area contributed by atoms with Gasteiger partial charge >= 0.3 is 0 Å². The Morgan fingerprint density at radius 3 is 1.04 bits per heavy atom. The van der Waals surface area contributed by atoms with Gasteiger partial charge in [0, 0.05) is 0 Å². The van der Waals surface area contributed by atoms with E-state index in [2.05, 4.69) is 110 Å². The lowest BCUT2D eigenvalue weighted by atomic mass is 9.89. The van der Waals surface area contributed by atoms with Crippen LogP contribution in [0.3, 0.4) is 0 Å². The molecular formula is C26H38S2. The lowest BCUT2D eigenvalue weighted by Gasteiger charge is -2.39. The third-order valence-corrected chi connectivity index (χ3v) is 9.75. The highest BCUT2D eigenvalue weighted by Crippen LogP contribution is 2.59. The zero-order chi connectivity index (χ0) is 20.3. The van der Waals surface area contributed by atoms with Gasteiger partial charge in [-0.25, -0.2) is 0 Å². The summed E-state index contributed by atoms with van der Waals surface area (Å²) in [6.07, 6.45) is 9.87. The van der Waals surface area contributed by atoms with Crippen LogP contribution >= 0.6 is 21.6 Å². The molecule has 0 fully saturated rings. The van der Waals surface area contributed by atoms with Crippen LogP contribution in [0.15, 0.2) is 60.7 Å². The second kappa shape index (κ2) is 12.0. The summed E-state index contributed by atoms with van der Waals surface area (Å²) in [5.41, 5.74) is 3.01. The summed E-state index contributed by atoms with van der Waals surface area (Å²) in [4.78, 5) is 0. The van der Waals surface area contributed by atoms with Crippen molar-refractivity contribution in [1.29, 1.82) is 0 Å². The number of hydrogen-bond acceptors (Lipinski definition) is 2. The monoisotopic (exact) mass is 414 g/mol. The molecule has 2 aromatic rings. The van der Waals surface area contributed by atoms with Crippen LogP contribution in [-0.4, -0.2) is 0 Å². The molecule has 0 bridgehead atoms. The van der Waals surface area contributed by atoms with Crippen LogP contribution in [0.4, 0.5) is 0 Å². The molecule has 0 aromatic heterocycles. The van der Waals surface area contributed by atoms with Crippen molar-refractivity contribution in [1.82, 2.24) is 0 Å². The van der Waals surface area contributed by atoms with Crippen LogP contribution in [0.5, 0.6) is 0 Å². The van der Waals surface area contributed by atoms with E-state index in [4.69, 9.17) is 0 Å². The third kappa shape index (κ3) is 5.83. The summed E-state index contributed by atoms with van der Waals surface area (Å²) in [6, 6.07) is 22.5. The maximum atomic E-state index is 2.35. The summed E-state index contributed by atoms with van der Waals surface area (Å²) in [5.74, 6) is 0. The van der Waals surface area contributed by atoms with E-state index in [1.165, 1.54) is 62.5 Å². The maximum absolute atomic E-state index is 2.35. The van der Waals surface area contributed by atoms with Crippen LogP contribution in [0.25, 0.3) is 0 Å². The van der Waals surface area contributed by atoms with Crippen LogP contribution in [0, 0.1) is 0 Å². The summed E-state index contributed by atoms with van der Waals surface area (Å²) >= 11 is 0. The first kappa shape index (κ1) is 23.4. The first-order valence-corrected chi connectivity index (χ1v) is 13.3. The molecule has 2 aromatic carbocycles. The van der Waals surface area contributed by atoms with E-state index in [1.54, 1.807) is 0 Å². The smallest absolute Gasteiger partial charge is 0.0511 e. The summed E-state index contributed by atoms with van der Waals surface area (Å²) < 4.78 is 0.411. The Balaban J connectivity index is 2.40. The first-order chi connectivity index (χ1) is 13.7. The van der Waals surface area contributed by atoms with E-state index in [0.717, 1.165) is 0 Å². The van der Waals surface area contributed by atoms with Crippen molar-refractivity contribution in [2.24, 2.45) is 0 Å². The Hall–Kier alpha value is -0.860. The molecule has 0 aliphatic heterocycles. The van der Waals surface area contributed by atoms with E-state index < -0.39 is 0 Å². The third-order valence-electron chi connectivity index (χ3n) is 5.58. The van der Waals surface area contributed by atoms with Crippen molar-refractivity contribution in [2.45, 2.75) is 88.6 Å². The molecule has 154 valence electrons. The second-order valence-corrected chi connectivity index (χ2v) is 10.8. The van der Waals surface area contributed by atoms with Gasteiger partial charge in [0.25, 0.3) is 0 Å². The Labute approximate surface area is 181 Å². The van der Waals surface area contributed by atoms with Gasteiger partial charge in [-0.05, 0) is 36.8 Å². The first-order valence-electron chi connectivity index (χ1n) is 11.1. The fourth-order valence-corrected chi connectivity index (χ4v) is 8.82. The lowest BCUT2D eigenvalue weighted by Crippen LogP contribution is -2.25. The fourth-order valence-electron chi connectivity index (χ4n) is 4.35. The molecule has 0 N–H and O–H groups in total. The van der Waals surface area contributed by atoms with E-state index in [9.17, 15) is 0 Å². The largest absolute Gasteiger partial charge is 0.0816 e. The predicted molar refractivity (Wildman–Crippen MR) is 131 cm³/mol. The van der Waals surface area contributed by atoms with Gasteiger partial charge in [0.2, 0.25) is 0 Å². The molecule has 0 radical (unpaired) electrons. The summed E-state index contributed by atoms with van der Waals surface area (Å²) in [7, 11) is 4.34. The van der Waals surface area contributed by atoms with Crippen molar-refractivity contribution in [3.63, 3.8) is 0 Å². The molecule has 0 unspecified atom stereocenters.